The Balaban J connectivity index is 1.82. The van der Waals surface area contributed by atoms with Crippen LogP contribution in [0.5, 0.6) is 5.88 Å². The fourth-order valence-corrected chi connectivity index (χ4v) is 1.97. The number of nitrogens with one attached hydrogen (secondary N) is 1. The van der Waals surface area contributed by atoms with Gasteiger partial charge in [-0.05, 0) is 13.0 Å². The summed E-state index contributed by atoms with van der Waals surface area (Å²) in [5.74, 6) is 0.668. The van der Waals surface area contributed by atoms with E-state index in [1.807, 2.05) is 19.2 Å². The predicted molar refractivity (Wildman–Crippen MR) is 71.1 cm³/mol. The van der Waals surface area contributed by atoms with E-state index >= 15 is 0 Å². The van der Waals surface area contributed by atoms with Gasteiger partial charge in [-0.2, -0.15) is 0 Å². The summed E-state index contributed by atoms with van der Waals surface area (Å²) in [5, 5.41) is 3.07. The fraction of sp³-hybridized carbons (Fsp3) is 0.615. The molecule has 1 aliphatic rings. The molecule has 5 nitrogen and oxygen atoms in total. The molecule has 1 fully saturated rings. The van der Waals surface area contributed by atoms with Crippen molar-refractivity contribution < 1.29 is 9.47 Å². The van der Waals surface area contributed by atoms with Gasteiger partial charge in [0.25, 0.3) is 0 Å². The lowest BCUT2D eigenvalue weighted by molar-refractivity contribution is 0.0101. The van der Waals surface area contributed by atoms with Crippen molar-refractivity contribution >= 4 is 5.69 Å². The lowest BCUT2D eigenvalue weighted by atomic mass is 10.3. The number of anilines is 1. The number of hydrogen-bond acceptors (Lipinski definition) is 5. The first-order valence-electron chi connectivity index (χ1n) is 6.38. The van der Waals surface area contributed by atoms with Gasteiger partial charge in [-0.25, -0.2) is 4.98 Å². The average molecular weight is 251 g/mol. The van der Waals surface area contributed by atoms with Crippen molar-refractivity contribution in [3.05, 3.63) is 18.3 Å². The zero-order chi connectivity index (χ0) is 12.8. The van der Waals surface area contributed by atoms with Crippen molar-refractivity contribution in [2.45, 2.75) is 13.0 Å². The van der Waals surface area contributed by atoms with Crippen LogP contribution in [0.1, 0.15) is 6.92 Å². The maximum Gasteiger partial charge on any atom is 0.215 e. The van der Waals surface area contributed by atoms with Crippen LogP contribution in [-0.2, 0) is 4.74 Å². The molecule has 100 valence electrons. The molecule has 1 aliphatic heterocycles. The normalized spacial score (nSPS) is 18.3. The molecule has 0 aliphatic carbocycles. The van der Waals surface area contributed by atoms with Crippen LogP contribution in [0.25, 0.3) is 0 Å². The Morgan fingerprint density at radius 3 is 3.00 bits per heavy atom. The van der Waals surface area contributed by atoms with Crippen molar-refractivity contribution in [1.82, 2.24) is 9.88 Å². The minimum atomic E-state index is 0.383. The molecular formula is C13H21N3O2. The molecule has 0 saturated carbocycles. The molecular weight excluding hydrogens is 230 g/mol. The Bertz CT molecular complexity index is 367. The van der Waals surface area contributed by atoms with E-state index < -0.39 is 0 Å². The molecule has 1 N–H and O–H groups in total. The summed E-state index contributed by atoms with van der Waals surface area (Å²) in [6.45, 7) is 6.42. The van der Waals surface area contributed by atoms with Crippen molar-refractivity contribution in [1.29, 1.82) is 0 Å². The largest absolute Gasteiger partial charge is 0.476 e. The monoisotopic (exact) mass is 251 g/mol. The van der Waals surface area contributed by atoms with E-state index in [9.17, 15) is 0 Å². The summed E-state index contributed by atoms with van der Waals surface area (Å²) in [6.07, 6.45) is 1.75. The highest BCUT2D eigenvalue weighted by molar-refractivity contribution is 5.44. The van der Waals surface area contributed by atoms with Gasteiger partial charge in [-0.3, -0.25) is 4.90 Å². The molecule has 0 bridgehead atoms. The third-order valence-corrected chi connectivity index (χ3v) is 3.16. The average Bonchev–Trinajstić information content (AvgIpc) is 2.46. The Labute approximate surface area is 108 Å². The van der Waals surface area contributed by atoms with E-state index in [0.717, 1.165) is 32.0 Å². The van der Waals surface area contributed by atoms with Gasteiger partial charge >= 0.3 is 0 Å². The van der Waals surface area contributed by atoms with E-state index in [1.54, 1.807) is 6.20 Å². The van der Waals surface area contributed by atoms with E-state index in [0.29, 0.717) is 18.5 Å². The molecule has 0 spiro atoms. The lowest BCUT2D eigenvalue weighted by Crippen LogP contribution is -2.44. The van der Waals surface area contributed by atoms with Crippen LogP contribution in [-0.4, -0.2) is 55.9 Å². The molecule has 1 aromatic heterocycles. The number of pyridine rings is 1. The maximum absolute atomic E-state index is 5.73. The molecule has 2 rings (SSSR count). The molecule has 1 atom stereocenters. The zero-order valence-electron chi connectivity index (χ0n) is 11.1. The quantitative estimate of drug-likeness (QED) is 0.852. The number of nitrogens with zero attached hydrogens (tertiary/aromatic N) is 2. The highest BCUT2D eigenvalue weighted by atomic mass is 16.5. The van der Waals surface area contributed by atoms with Crippen LogP contribution in [0.4, 0.5) is 5.69 Å². The SMILES string of the molecule is CNc1ccnc(OCC(C)N2CCOCC2)c1. The topological polar surface area (TPSA) is 46.6 Å². The van der Waals surface area contributed by atoms with Gasteiger partial charge in [0.05, 0.1) is 13.2 Å². The third kappa shape index (κ3) is 3.58. The Morgan fingerprint density at radius 2 is 2.28 bits per heavy atom. The Kier molecular flexibility index (Phi) is 4.78. The second kappa shape index (κ2) is 6.56. The van der Waals surface area contributed by atoms with Crippen molar-refractivity contribution in [2.75, 3.05) is 45.3 Å². The number of rotatable bonds is 5. The summed E-state index contributed by atoms with van der Waals surface area (Å²) in [7, 11) is 1.88. The van der Waals surface area contributed by atoms with Gasteiger partial charge in [-0.15, -0.1) is 0 Å². The summed E-state index contributed by atoms with van der Waals surface area (Å²) in [6, 6.07) is 4.21. The minimum Gasteiger partial charge on any atom is -0.476 e. The van der Waals surface area contributed by atoms with Crippen LogP contribution in [0, 0.1) is 0 Å². The summed E-state index contributed by atoms with van der Waals surface area (Å²) < 4.78 is 11.1. The van der Waals surface area contributed by atoms with Crippen molar-refractivity contribution in [3.8, 4) is 5.88 Å². The van der Waals surface area contributed by atoms with E-state index in [1.165, 1.54) is 0 Å². The van der Waals surface area contributed by atoms with Crippen molar-refractivity contribution in [2.24, 2.45) is 0 Å². The van der Waals surface area contributed by atoms with Gasteiger partial charge in [0.1, 0.15) is 6.61 Å². The first-order valence-corrected chi connectivity index (χ1v) is 6.38. The highest BCUT2D eigenvalue weighted by Gasteiger charge is 2.17. The number of morpholine rings is 1. The van der Waals surface area contributed by atoms with Gasteiger partial charge in [0.2, 0.25) is 5.88 Å². The van der Waals surface area contributed by atoms with Crippen LogP contribution in [0.3, 0.4) is 0 Å². The first kappa shape index (κ1) is 13.1. The van der Waals surface area contributed by atoms with Crippen LogP contribution < -0.4 is 10.1 Å². The number of hydrogen-bond donors (Lipinski definition) is 1. The van der Waals surface area contributed by atoms with Gasteiger partial charge < -0.3 is 14.8 Å². The molecule has 18 heavy (non-hydrogen) atoms. The molecule has 0 radical (unpaired) electrons. The molecule has 1 unspecified atom stereocenters. The molecule has 0 amide bonds. The fourth-order valence-electron chi connectivity index (χ4n) is 1.97. The van der Waals surface area contributed by atoms with E-state index in [-0.39, 0.29) is 0 Å². The van der Waals surface area contributed by atoms with E-state index in [2.05, 4.69) is 22.1 Å². The molecule has 0 aromatic carbocycles. The summed E-state index contributed by atoms with van der Waals surface area (Å²) in [4.78, 5) is 6.58. The molecule has 2 heterocycles. The van der Waals surface area contributed by atoms with Crippen LogP contribution >= 0.6 is 0 Å². The molecule has 1 aromatic rings. The van der Waals surface area contributed by atoms with Gasteiger partial charge in [0, 0.05) is 44.1 Å². The number of aromatic nitrogens is 1. The first-order chi connectivity index (χ1) is 8.79. The number of ether oxygens (including phenoxy) is 2. The predicted octanol–water partition coefficient (Wildman–Crippen LogP) is 1.22. The van der Waals surface area contributed by atoms with Crippen LogP contribution in [0.15, 0.2) is 18.3 Å². The second-order valence-corrected chi connectivity index (χ2v) is 4.44. The standard InChI is InChI=1S/C13H21N3O2/c1-11(16-5-7-17-8-6-16)10-18-13-9-12(14-2)3-4-15-13/h3-4,9,11H,5-8,10H2,1-2H3,(H,14,15). The van der Waals surface area contributed by atoms with E-state index in [4.69, 9.17) is 9.47 Å². The summed E-state index contributed by atoms with van der Waals surface area (Å²) in [5.41, 5.74) is 1.01. The zero-order valence-corrected chi connectivity index (χ0v) is 11.1. The maximum atomic E-state index is 5.73. The molecule has 1 saturated heterocycles. The summed E-state index contributed by atoms with van der Waals surface area (Å²) >= 11 is 0. The van der Waals surface area contributed by atoms with Gasteiger partial charge in [-0.1, -0.05) is 0 Å². The highest BCUT2D eigenvalue weighted by Crippen LogP contribution is 2.14. The Morgan fingerprint density at radius 1 is 1.50 bits per heavy atom. The van der Waals surface area contributed by atoms with Gasteiger partial charge in [0.15, 0.2) is 0 Å². The van der Waals surface area contributed by atoms with Crippen LogP contribution in [0.2, 0.25) is 0 Å². The Hall–Kier alpha value is -1.33. The van der Waals surface area contributed by atoms with Crippen molar-refractivity contribution in [3.63, 3.8) is 0 Å². The lowest BCUT2D eigenvalue weighted by Gasteiger charge is -2.31. The smallest absolute Gasteiger partial charge is 0.215 e. The minimum absolute atomic E-state index is 0.383. The molecule has 5 heteroatoms. The second-order valence-electron chi connectivity index (χ2n) is 4.44. The third-order valence-electron chi connectivity index (χ3n) is 3.16.